The van der Waals surface area contributed by atoms with Crippen molar-refractivity contribution < 1.29 is 27.5 Å². The van der Waals surface area contributed by atoms with Gasteiger partial charge in [0.15, 0.2) is 12.4 Å². The van der Waals surface area contributed by atoms with Crippen molar-refractivity contribution in [2.45, 2.75) is 25.7 Å². The van der Waals surface area contributed by atoms with Crippen molar-refractivity contribution in [2.75, 3.05) is 11.9 Å². The lowest BCUT2D eigenvalue weighted by atomic mass is 10.1. The van der Waals surface area contributed by atoms with Gasteiger partial charge in [-0.2, -0.15) is 0 Å². The Bertz CT molecular complexity index is 1020. The summed E-state index contributed by atoms with van der Waals surface area (Å²) < 4.78 is 27.6. The third kappa shape index (κ3) is 4.80. The van der Waals surface area contributed by atoms with Gasteiger partial charge in [-0.05, 0) is 44.5 Å². The Morgan fingerprint density at radius 2 is 1.89 bits per heavy atom. The summed E-state index contributed by atoms with van der Waals surface area (Å²) in [7, 11) is -3.90. The number of hydrogen-bond donors (Lipinski definition) is 3. The molecule has 2 rings (SSSR count). The van der Waals surface area contributed by atoms with Crippen LogP contribution in [0.1, 0.15) is 39.0 Å². The van der Waals surface area contributed by atoms with Crippen LogP contribution in [0.3, 0.4) is 0 Å². The number of esters is 1. The van der Waals surface area contributed by atoms with Crippen molar-refractivity contribution in [1.82, 2.24) is 4.98 Å². The molecule has 1 heterocycles. The van der Waals surface area contributed by atoms with Crippen LogP contribution in [0.2, 0.25) is 0 Å². The Morgan fingerprint density at radius 3 is 2.44 bits per heavy atom. The van der Waals surface area contributed by atoms with Gasteiger partial charge >= 0.3 is 5.97 Å². The standard InChI is InChI=1S/C17H19N3O6S/c1-9-15(11(3)21)10(2)19-16(9)17(23)26-8-14(22)20-12-5-4-6-13(7-12)27(18,24)25/h4-7,19H,8H2,1-3H3,(H,20,22)(H2,18,24,25). The van der Waals surface area contributed by atoms with Crippen LogP contribution in [-0.2, 0) is 19.6 Å². The van der Waals surface area contributed by atoms with Crippen LogP contribution < -0.4 is 10.5 Å². The number of hydrogen-bond acceptors (Lipinski definition) is 6. The normalized spacial score (nSPS) is 11.1. The number of H-pyrrole nitrogens is 1. The predicted octanol–water partition coefficient (Wildman–Crippen LogP) is 1.28. The van der Waals surface area contributed by atoms with Crippen LogP contribution in [0.5, 0.6) is 0 Å². The van der Waals surface area contributed by atoms with Crippen molar-refractivity contribution in [3.63, 3.8) is 0 Å². The van der Waals surface area contributed by atoms with Gasteiger partial charge < -0.3 is 15.0 Å². The van der Waals surface area contributed by atoms with Gasteiger partial charge in [-0.25, -0.2) is 18.4 Å². The first kappa shape index (κ1) is 20.3. The highest BCUT2D eigenvalue weighted by Crippen LogP contribution is 2.19. The van der Waals surface area contributed by atoms with Gasteiger partial charge in [-0.1, -0.05) is 6.07 Å². The van der Waals surface area contributed by atoms with Gasteiger partial charge in [0, 0.05) is 16.9 Å². The molecule has 0 spiro atoms. The number of aryl methyl sites for hydroxylation is 1. The quantitative estimate of drug-likeness (QED) is 0.497. The second kappa shape index (κ2) is 7.72. The van der Waals surface area contributed by atoms with Crippen molar-refractivity contribution >= 4 is 33.4 Å². The third-order valence-corrected chi connectivity index (χ3v) is 4.69. The minimum Gasteiger partial charge on any atom is -0.451 e. The minimum atomic E-state index is -3.90. The van der Waals surface area contributed by atoms with Gasteiger partial charge in [0.25, 0.3) is 5.91 Å². The minimum absolute atomic E-state index is 0.0988. The van der Waals surface area contributed by atoms with Gasteiger partial charge in [0.2, 0.25) is 10.0 Å². The number of anilines is 1. The average molecular weight is 393 g/mol. The number of sulfonamides is 1. The van der Waals surface area contributed by atoms with E-state index in [-0.39, 0.29) is 22.1 Å². The number of ketones is 1. The lowest BCUT2D eigenvalue weighted by Gasteiger charge is -2.07. The summed E-state index contributed by atoms with van der Waals surface area (Å²) in [6.07, 6.45) is 0. The number of aromatic amines is 1. The number of nitrogens with one attached hydrogen (secondary N) is 2. The van der Waals surface area contributed by atoms with Crippen molar-refractivity contribution in [3.8, 4) is 0 Å². The van der Waals surface area contributed by atoms with Crippen molar-refractivity contribution in [2.24, 2.45) is 5.14 Å². The first-order chi connectivity index (χ1) is 12.5. The molecule has 1 aromatic carbocycles. The maximum atomic E-state index is 12.2. The molecule has 9 nitrogen and oxygen atoms in total. The molecule has 0 bridgehead atoms. The summed E-state index contributed by atoms with van der Waals surface area (Å²) in [6, 6.07) is 5.35. The number of Topliss-reactive ketones (excluding diaryl/α,β-unsaturated/α-hetero) is 1. The van der Waals surface area contributed by atoms with E-state index in [0.717, 1.165) is 0 Å². The van der Waals surface area contributed by atoms with E-state index >= 15 is 0 Å². The summed E-state index contributed by atoms with van der Waals surface area (Å²) in [6.45, 7) is 4.06. The monoisotopic (exact) mass is 393 g/mol. The summed E-state index contributed by atoms with van der Waals surface area (Å²) in [5.74, 6) is -1.63. The molecule has 0 radical (unpaired) electrons. The smallest absolute Gasteiger partial charge is 0.355 e. The van der Waals surface area contributed by atoms with Crippen molar-refractivity contribution in [3.05, 3.63) is 46.8 Å². The molecular formula is C17H19N3O6S. The third-order valence-electron chi connectivity index (χ3n) is 3.77. The number of primary sulfonamides is 1. The van der Waals surface area contributed by atoms with Crippen LogP contribution in [0.15, 0.2) is 29.2 Å². The fourth-order valence-electron chi connectivity index (χ4n) is 2.63. The Labute approximate surface area is 156 Å². The van der Waals surface area contributed by atoms with Gasteiger partial charge in [0.05, 0.1) is 4.90 Å². The second-order valence-corrected chi connectivity index (χ2v) is 7.44. The van der Waals surface area contributed by atoms with E-state index in [1.165, 1.54) is 31.2 Å². The van der Waals surface area contributed by atoms with Gasteiger partial charge in [-0.3, -0.25) is 9.59 Å². The fraction of sp³-hybridized carbons (Fsp3) is 0.235. The molecule has 0 unspecified atom stereocenters. The van der Waals surface area contributed by atoms with Crippen molar-refractivity contribution in [1.29, 1.82) is 0 Å². The fourth-order valence-corrected chi connectivity index (χ4v) is 3.19. The maximum absolute atomic E-state index is 12.2. The zero-order chi connectivity index (χ0) is 20.4. The molecule has 0 saturated heterocycles. The van der Waals surface area contributed by atoms with Crippen LogP contribution >= 0.6 is 0 Å². The van der Waals surface area contributed by atoms with Crippen LogP contribution in [0.25, 0.3) is 0 Å². The molecule has 10 heteroatoms. The zero-order valence-corrected chi connectivity index (χ0v) is 15.8. The zero-order valence-electron chi connectivity index (χ0n) is 15.0. The Hall–Kier alpha value is -2.98. The first-order valence-corrected chi connectivity index (χ1v) is 9.35. The number of carbonyl (C=O) groups is 3. The van der Waals surface area contributed by atoms with Crippen LogP contribution in [0, 0.1) is 13.8 Å². The first-order valence-electron chi connectivity index (χ1n) is 7.80. The number of aromatic nitrogens is 1. The summed E-state index contributed by atoms with van der Waals surface area (Å²) >= 11 is 0. The maximum Gasteiger partial charge on any atom is 0.355 e. The number of ether oxygens (including phenoxy) is 1. The number of rotatable bonds is 6. The Morgan fingerprint density at radius 1 is 1.22 bits per heavy atom. The SMILES string of the molecule is CC(=O)c1c(C)[nH]c(C(=O)OCC(=O)Nc2cccc(S(N)(=O)=O)c2)c1C. The molecule has 2 aromatic rings. The number of amides is 1. The lowest BCUT2D eigenvalue weighted by Crippen LogP contribution is -2.21. The molecule has 0 aliphatic rings. The molecule has 144 valence electrons. The highest BCUT2D eigenvalue weighted by molar-refractivity contribution is 7.89. The van der Waals surface area contributed by atoms with Crippen LogP contribution in [-0.4, -0.2) is 37.7 Å². The summed E-state index contributed by atoms with van der Waals surface area (Å²) in [5, 5.41) is 7.44. The predicted molar refractivity (Wildman–Crippen MR) is 97.0 cm³/mol. The molecule has 0 atom stereocenters. The largest absolute Gasteiger partial charge is 0.451 e. The molecule has 1 amide bonds. The number of benzene rings is 1. The second-order valence-electron chi connectivity index (χ2n) is 5.88. The molecule has 0 fully saturated rings. The summed E-state index contributed by atoms with van der Waals surface area (Å²) in [4.78, 5) is 38.3. The molecule has 0 aliphatic heterocycles. The molecule has 1 aromatic heterocycles. The van der Waals surface area contributed by atoms with Crippen LogP contribution in [0.4, 0.5) is 5.69 Å². The Kier molecular flexibility index (Phi) is 5.82. The summed E-state index contributed by atoms with van der Waals surface area (Å²) in [5.41, 5.74) is 1.68. The molecule has 0 saturated carbocycles. The number of nitrogens with two attached hydrogens (primary N) is 1. The van der Waals surface area contributed by atoms with E-state index in [1.807, 2.05) is 0 Å². The average Bonchev–Trinajstić information content (AvgIpc) is 2.87. The van der Waals surface area contributed by atoms with E-state index in [9.17, 15) is 22.8 Å². The topological polar surface area (TPSA) is 148 Å². The molecule has 4 N–H and O–H groups in total. The van der Waals surface area contributed by atoms with E-state index in [4.69, 9.17) is 9.88 Å². The molecular weight excluding hydrogens is 374 g/mol. The molecule has 27 heavy (non-hydrogen) atoms. The van der Waals surface area contributed by atoms with Gasteiger partial charge in [-0.15, -0.1) is 0 Å². The lowest BCUT2D eigenvalue weighted by molar-refractivity contribution is -0.119. The number of carbonyl (C=O) groups excluding carboxylic acids is 3. The van der Waals surface area contributed by atoms with E-state index in [1.54, 1.807) is 13.8 Å². The molecule has 0 aliphatic carbocycles. The Balaban J connectivity index is 2.03. The van der Waals surface area contributed by atoms with E-state index in [2.05, 4.69) is 10.3 Å². The van der Waals surface area contributed by atoms with Gasteiger partial charge in [0.1, 0.15) is 5.69 Å². The van der Waals surface area contributed by atoms with E-state index in [0.29, 0.717) is 16.8 Å². The highest BCUT2D eigenvalue weighted by Gasteiger charge is 2.21. The highest BCUT2D eigenvalue weighted by atomic mass is 32.2. The van der Waals surface area contributed by atoms with E-state index < -0.39 is 28.5 Å².